The van der Waals surface area contributed by atoms with Crippen LogP contribution in [0.1, 0.15) is 12.8 Å². The van der Waals surface area contributed by atoms with Crippen LogP contribution in [-0.2, 0) is 9.59 Å². The lowest BCUT2D eigenvalue weighted by atomic mass is 10.4. The normalized spacial score (nSPS) is 18.1. The van der Waals surface area contributed by atoms with Crippen LogP contribution in [0.3, 0.4) is 0 Å². The monoisotopic (exact) mass is 215 g/mol. The number of carbonyl (C=O) groups is 2. The van der Waals surface area contributed by atoms with Crippen molar-refractivity contribution in [2.24, 2.45) is 5.73 Å². The van der Waals surface area contributed by atoms with Crippen LogP contribution < -0.4 is 5.73 Å². The maximum absolute atomic E-state index is 10.6. The van der Waals surface area contributed by atoms with Crippen LogP contribution in [0, 0.1) is 0 Å². The highest BCUT2D eigenvalue weighted by Gasteiger charge is 2.19. The van der Waals surface area contributed by atoms with E-state index >= 15 is 0 Å². The average Bonchev–Trinajstić information content (AvgIpc) is 2.59. The molecule has 1 heterocycles. The van der Waals surface area contributed by atoms with Gasteiger partial charge in [-0.15, -0.1) is 0 Å². The first kappa shape index (κ1) is 11.9. The Morgan fingerprint density at radius 1 is 1.13 bits per heavy atom. The fraction of sp³-hybridized carbons (Fsp3) is 0.778. The Bertz CT molecular complexity index is 221. The Morgan fingerprint density at radius 3 is 2.13 bits per heavy atom. The van der Waals surface area contributed by atoms with Crippen molar-refractivity contribution in [3.05, 3.63) is 0 Å². The lowest BCUT2D eigenvalue weighted by molar-refractivity contribution is -0.137. The van der Waals surface area contributed by atoms with Crippen molar-refractivity contribution in [2.75, 3.05) is 32.8 Å². The van der Waals surface area contributed by atoms with Gasteiger partial charge in [0.1, 0.15) is 0 Å². The number of primary amides is 1. The molecule has 1 fully saturated rings. The Kier molecular flexibility index (Phi) is 4.51. The molecule has 1 aliphatic heterocycles. The average molecular weight is 215 g/mol. The predicted molar refractivity (Wildman–Crippen MR) is 54.1 cm³/mol. The number of rotatable bonds is 6. The minimum atomic E-state index is -0.773. The van der Waals surface area contributed by atoms with Gasteiger partial charge < -0.3 is 10.8 Å². The zero-order chi connectivity index (χ0) is 11.3. The topological polar surface area (TPSA) is 86.9 Å². The van der Waals surface area contributed by atoms with Crippen molar-refractivity contribution < 1.29 is 14.7 Å². The van der Waals surface area contributed by atoms with Gasteiger partial charge in [-0.05, 0) is 0 Å². The molecule has 0 aromatic carbocycles. The van der Waals surface area contributed by atoms with Crippen molar-refractivity contribution >= 4 is 11.9 Å². The summed E-state index contributed by atoms with van der Waals surface area (Å²) in [5.41, 5.74) is 5.05. The van der Waals surface area contributed by atoms with Crippen LogP contribution in [0.4, 0.5) is 0 Å². The molecule has 1 aliphatic rings. The third-order valence-corrected chi connectivity index (χ3v) is 2.45. The van der Waals surface area contributed by atoms with E-state index in [9.17, 15) is 9.59 Å². The number of carboxylic acid groups (broad SMARTS) is 1. The standard InChI is InChI=1S/C9H17N3O3/c10-8(13)1-3-11-5-6-12(7-11)4-2-9(14)15/h1-7H2,(H2,10,13)(H,14,15). The van der Waals surface area contributed by atoms with Gasteiger partial charge in [-0.3, -0.25) is 19.4 Å². The van der Waals surface area contributed by atoms with Gasteiger partial charge in [0, 0.05) is 32.6 Å². The quantitative estimate of drug-likeness (QED) is 0.588. The van der Waals surface area contributed by atoms with E-state index in [1.165, 1.54) is 0 Å². The number of aliphatic carboxylic acids is 1. The summed E-state index contributed by atoms with van der Waals surface area (Å²) in [6.07, 6.45) is 0.538. The van der Waals surface area contributed by atoms with E-state index < -0.39 is 5.97 Å². The highest BCUT2D eigenvalue weighted by Crippen LogP contribution is 2.05. The van der Waals surface area contributed by atoms with Crippen LogP contribution in [0.25, 0.3) is 0 Å². The van der Waals surface area contributed by atoms with Crippen molar-refractivity contribution in [3.63, 3.8) is 0 Å². The van der Waals surface area contributed by atoms with E-state index in [1.54, 1.807) is 0 Å². The number of hydrogen-bond acceptors (Lipinski definition) is 4. The molecule has 15 heavy (non-hydrogen) atoms. The molecule has 6 nitrogen and oxygen atoms in total. The summed E-state index contributed by atoms with van der Waals surface area (Å²) >= 11 is 0. The molecule has 1 saturated heterocycles. The van der Waals surface area contributed by atoms with Gasteiger partial charge in [-0.2, -0.15) is 0 Å². The SMILES string of the molecule is NC(=O)CCN1CCN(CCC(=O)O)C1. The highest BCUT2D eigenvalue weighted by atomic mass is 16.4. The Hall–Kier alpha value is -1.14. The first-order valence-electron chi connectivity index (χ1n) is 5.03. The molecule has 0 aromatic heterocycles. The molecule has 0 unspecified atom stereocenters. The minimum Gasteiger partial charge on any atom is -0.481 e. The second-order valence-electron chi connectivity index (χ2n) is 3.74. The Morgan fingerprint density at radius 2 is 1.67 bits per heavy atom. The molecule has 0 bridgehead atoms. The Balaban J connectivity index is 2.15. The van der Waals surface area contributed by atoms with Crippen molar-refractivity contribution in [2.45, 2.75) is 12.8 Å². The lowest BCUT2D eigenvalue weighted by Crippen LogP contribution is -2.29. The molecule has 6 heteroatoms. The summed E-state index contributed by atoms with van der Waals surface area (Å²) in [5, 5.41) is 8.51. The second kappa shape index (κ2) is 5.67. The molecule has 0 saturated carbocycles. The minimum absolute atomic E-state index is 0.170. The molecule has 0 aromatic rings. The molecule has 1 rings (SSSR count). The summed E-state index contributed by atoms with van der Waals surface area (Å²) in [4.78, 5) is 25.1. The van der Waals surface area contributed by atoms with Crippen molar-refractivity contribution in [3.8, 4) is 0 Å². The summed E-state index contributed by atoms with van der Waals surface area (Å²) in [6.45, 7) is 3.72. The van der Waals surface area contributed by atoms with E-state index in [2.05, 4.69) is 9.80 Å². The van der Waals surface area contributed by atoms with Gasteiger partial charge in [0.2, 0.25) is 5.91 Å². The Labute approximate surface area is 88.6 Å². The number of carbonyl (C=O) groups excluding carboxylic acids is 1. The maximum atomic E-state index is 10.6. The van der Waals surface area contributed by atoms with Gasteiger partial charge in [0.15, 0.2) is 0 Å². The second-order valence-corrected chi connectivity index (χ2v) is 3.74. The van der Waals surface area contributed by atoms with Crippen LogP contribution in [0.2, 0.25) is 0 Å². The highest BCUT2D eigenvalue weighted by molar-refractivity contribution is 5.73. The van der Waals surface area contributed by atoms with Crippen LogP contribution >= 0.6 is 0 Å². The largest absolute Gasteiger partial charge is 0.481 e. The third-order valence-electron chi connectivity index (χ3n) is 2.45. The summed E-state index contributed by atoms with van der Waals surface area (Å²) in [7, 11) is 0. The molecule has 86 valence electrons. The number of carboxylic acids is 1. The summed E-state index contributed by atoms with van der Waals surface area (Å²) in [5.74, 6) is -1.07. The van der Waals surface area contributed by atoms with Gasteiger partial charge in [0.05, 0.1) is 13.1 Å². The van der Waals surface area contributed by atoms with Crippen LogP contribution in [0.5, 0.6) is 0 Å². The molecule has 3 N–H and O–H groups in total. The predicted octanol–water partition coefficient (Wildman–Crippen LogP) is -1.09. The number of nitrogens with zero attached hydrogens (tertiary/aromatic N) is 2. The first-order chi connectivity index (χ1) is 7.08. The van der Waals surface area contributed by atoms with Crippen molar-refractivity contribution in [1.29, 1.82) is 0 Å². The lowest BCUT2D eigenvalue weighted by Gasteiger charge is -2.16. The van der Waals surface area contributed by atoms with E-state index in [4.69, 9.17) is 10.8 Å². The first-order valence-corrected chi connectivity index (χ1v) is 5.03. The summed E-state index contributed by atoms with van der Waals surface area (Å²) < 4.78 is 0. The molecular formula is C9H17N3O3. The van der Waals surface area contributed by atoms with Gasteiger partial charge in [-0.25, -0.2) is 0 Å². The van der Waals surface area contributed by atoms with Crippen molar-refractivity contribution in [1.82, 2.24) is 9.80 Å². The smallest absolute Gasteiger partial charge is 0.304 e. The molecule has 0 spiro atoms. The maximum Gasteiger partial charge on any atom is 0.304 e. The fourth-order valence-corrected chi connectivity index (χ4v) is 1.59. The van der Waals surface area contributed by atoms with E-state index in [0.29, 0.717) is 19.5 Å². The molecule has 0 radical (unpaired) electrons. The van der Waals surface area contributed by atoms with Gasteiger partial charge in [-0.1, -0.05) is 0 Å². The van der Waals surface area contributed by atoms with Crippen LogP contribution in [0.15, 0.2) is 0 Å². The zero-order valence-electron chi connectivity index (χ0n) is 8.69. The molecule has 0 aliphatic carbocycles. The van der Waals surface area contributed by atoms with Gasteiger partial charge in [0.25, 0.3) is 0 Å². The number of hydrogen-bond donors (Lipinski definition) is 2. The van der Waals surface area contributed by atoms with E-state index in [-0.39, 0.29) is 12.3 Å². The van der Waals surface area contributed by atoms with E-state index in [0.717, 1.165) is 19.8 Å². The molecule has 0 atom stereocenters. The third kappa shape index (κ3) is 4.75. The number of nitrogens with two attached hydrogens (primary N) is 1. The van der Waals surface area contributed by atoms with E-state index in [1.807, 2.05) is 0 Å². The number of amides is 1. The van der Waals surface area contributed by atoms with Crippen LogP contribution in [-0.4, -0.2) is 59.6 Å². The molecular weight excluding hydrogens is 198 g/mol. The zero-order valence-corrected chi connectivity index (χ0v) is 8.69. The molecule has 1 amide bonds. The fourth-order valence-electron chi connectivity index (χ4n) is 1.59. The van der Waals surface area contributed by atoms with Gasteiger partial charge >= 0.3 is 5.97 Å². The summed E-state index contributed by atoms with van der Waals surface area (Å²) in [6, 6.07) is 0.